The Morgan fingerprint density at radius 2 is 2.13 bits per heavy atom. The van der Waals surface area contributed by atoms with Crippen LogP contribution in [0.2, 0.25) is 0 Å². The largest absolute Gasteiger partial charge is 0.352 e. The van der Waals surface area contributed by atoms with E-state index in [0.717, 1.165) is 25.7 Å². The van der Waals surface area contributed by atoms with Crippen molar-refractivity contribution in [3.8, 4) is 0 Å². The lowest BCUT2D eigenvalue weighted by atomic mass is 10.1. The predicted molar refractivity (Wildman–Crippen MR) is 59.4 cm³/mol. The van der Waals surface area contributed by atoms with E-state index in [0.29, 0.717) is 18.6 Å². The molecule has 3 N–H and O–H groups in total. The molecule has 2 saturated carbocycles. The quantitative estimate of drug-likeness (QED) is 0.692. The Morgan fingerprint density at radius 3 is 2.67 bits per heavy atom. The van der Waals surface area contributed by atoms with Crippen LogP contribution < -0.4 is 11.1 Å². The molecule has 0 spiro atoms. The molecule has 2 fully saturated rings. The lowest BCUT2D eigenvalue weighted by Gasteiger charge is -2.26. The van der Waals surface area contributed by atoms with Gasteiger partial charge in [-0.3, -0.25) is 9.69 Å². The summed E-state index contributed by atoms with van der Waals surface area (Å²) in [4.78, 5) is 13.7. The second-order valence-electron chi connectivity index (χ2n) is 4.92. The minimum Gasteiger partial charge on any atom is -0.352 e. The molecular formula is C11H21N3O. The average Bonchev–Trinajstić information content (AvgIpc) is 2.85. The molecule has 0 heterocycles. The highest BCUT2D eigenvalue weighted by Gasteiger charge is 2.29. The first-order chi connectivity index (χ1) is 7.16. The van der Waals surface area contributed by atoms with Crippen molar-refractivity contribution < 1.29 is 4.79 Å². The van der Waals surface area contributed by atoms with E-state index < -0.39 is 0 Å². The molecule has 86 valence electrons. The number of nitrogens with one attached hydrogen (secondary N) is 1. The molecule has 4 nitrogen and oxygen atoms in total. The molecule has 0 saturated heterocycles. The number of hydrogen-bond acceptors (Lipinski definition) is 3. The highest BCUT2D eigenvalue weighted by molar-refractivity contribution is 5.78. The maximum atomic E-state index is 11.6. The molecule has 2 atom stereocenters. The van der Waals surface area contributed by atoms with Crippen LogP contribution in [-0.4, -0.2) is 42.5 Å². The molecule has 1 amide bonds. The van der Waals surface area contributed by atoms with E-state index in [4.69, 9.17) is 5.73 Å². The van der Waals surface area contributed by atoms with Gasteiger partial charge in [0.1, 0.15) is 0 Å². The second kappa shape index (κ2) is 4.49. The predicted octanol–water partition coefficient (Wildman–Crippen LogP) is 0.0766. The number of rotatable bonds is 4. The van der Waals surface area contributed by atoms with Crippen LogP contribution in [0.1, 0.15) is 32.1 Å². The van der Waals surface area contributed by atoms with Crippen LogP contribution in [0.4, 0.5) is 0 Å². The Hall–Kier alpha value is -0.610. The number of hydrogen-bond donors (Lipinski definition) is 2. The van der Waals surface area contributed by atoms with Crippen molar-refractivity contribution in [2.75, 3.05) is 13.6 Å². The SMILES string of the molecule is CN(CC(=O)NC1CC1)C1CCCC1N. The normalized spacial score (nSPS) is 30.9. The Bertz CT molecular complexity index is 240. The average molecular weight is 211 g/mol. The van der Waals surface area contributed by atoms with E-state index in [1.165, 1.54) is 6.42 Å². The number of likely N-dealkylation sites (N-methyl/N-ethyl adjacent to an activating group) is 1. The van der Waals surface area contributed by atoms with Crippen LogP contribution in [0, 0.1) is 0 Å². The molecule has 15 heavy (non-hydrogen) atoms. The van der Waals surface area contributed by atoms with E-state index in [1.54, 1.807) is 0 Å². The highest BCUT2D eigenvalue weighted by Crippen LogP contribution is 2.22. The van der Waals surface area contributed by atoms with Gasteiger partial charge in [-0.05, 0) is 32.7 Å². The maximum Gasteiger partial charge on any atom is 0.234 e. The van der Waals surface area contributed by atoms with E-state index in [-0.39, 0.29) is 11.9 Å². The van der Waals surface area contributed by atoms with Gasteiger partial charge in [0.15, 0.2) is 0 Å². The van der Waals surface area contributed by atoms with Crippen LogP contribution in [0.25, 0.3) is 0 Å². The number of nitrogens with two attached hydrogens (primary N) is 1. The third kappa shape index (κ3) is 2.92. The maximum absolute atomic E-state index is 11.6. The first kappa shape index (κ1) is 10.9. The third-order valence-electron chi connectivity index (χ3n) is 3.43. The van der Waals surface area contributed by atoms with Crippen molar-refractivity contribution in [1.82, 2.24) is 10.2 Å². The van der Waals surface area contributed by atoms with Gasteiger partial charge in [0, 0.05) is 18.1 Å². The van der Waals surface area contributed by atoms with Crippen LogP contribution in [0.15, 0.2) is 0 Å². The van der Waals surface area contributed by atoms with Crippen molar-refractivity contribution in [3.63, 3.8) is 0 Å². The van der Waals surface area contributed by atoms with Gasteiger partial charge in [0.2, 0.25) is 5.91 Å². The summed E-state index contributed by atoms with van der Waals surface area (Å²) in [6, 6.07) is 1.11. The molecule has 2 aliphatic rings. The summed E-state index contributed by atoms with van der Waals surface area (Å²) in [7, 11) is 2.00. The van der Waals surface area contributed by atoms with Crippen molar-refractivity contribution in [2.24, 2.45) is 5.73 Å². The molecule has 0 aromatic rings. The molecule has 2 unspecified atom stereocenters. The molecule has 0 radical (unpaired) electrons. The van der Waals surface area contributed by atoms with Crippen LogP contribution >= 0.6 is 0 Å². The second-order valence-corrected chi connectivity index (χ2v) is 4.92. The standard InChI is InChI=1S/C11H21N3O/c1-14(10-4-2-3-9(10)12)7-11(15)13-8-5-6-8/h8-10H,2-7,12H2,1H3,(H,13,15). The fraction of sp³-hybridized carbons (Fsp3) is 0.909. The molecule has 2 rings (SSSR count). The van der Waals surface area contributed by atoms with Crippen molar-refractivity contribution in [3.05, 3.63) is 0 Å². The minimum atomic E-state index is 0.152. The van der Waals surface area contributed by atoms with Gasteiger partial charge in [-0.1, -0.05) is 6.42 Å². The summed E-state index contributed by atoms with van der Waals surface area (Å²) in [6.45, 7) is 0.495. The Kier molecular flexibility index (Phi) is 3.26. The molecule has 4 heteroatoms. The van der Waals surface area contributed by atoms with Crippen LogP contribution in [0.5, 0.6) is 0 Å². The molecule has 0 bridgehead atoms. The monoisotopic (exact) mass is 211 g/mol. The summed E-state index contributed by atoms with van der Waals surface area (Å²) in [5.41, 5.74) is 6.00. The lowest BCUT2D eigenvalue weighted by molar-refractivity contribution is -0.122. The summed E-state index contributed by atoms with van der Waals surface area (Å²) in [5.74, 6) is 0.152. The zero-order chi connectivity index (χ0) is 10.8. The number of amides is 1. The Labute approximate surface area is 91.2 Å². The molecular weight excluding hydrogens is 190 g/mol. The first-order valence-corrected chi connectivity index (χ1v) is 5.92. The zero-order valence-electron chi connectivity index (χ0n) is 9.41. The summed E-state index contributed by atoms with van der Waals surface area (Å²) >= 11 is 0. The van der Waals surface area contributed by atoms with Gasteiger partial charge < -0.3 is 11.1 Å². The van der Waals surface area contributed by atoms with Gasteiger partial charge in [-0.25, -0.2) is 0 Å². The van der Waals surface area contributed by atoms with Gasteiger partial charge in [0.05, 0.1) is 6.54 Å². The minimum absolute atomic E-state index is 0.152. The number of carbonyl (C=O) groups is 1. The third-order valence-corrected chi connectivity index (χ3v) is 3.43. The number of nitrogens with zero attached hydrogens (tertiary/aromatic N) is 1. The highest BCUT2D eigenvalue weighted by atomic mass is 16.2. The number of carbonyl (C=O) groups excluding carboxylic acids is 1. The molecule has 0 aromatic carbocycles. The fourth-order valence-corrected chi connectivity index (χ4v) is 2.36. The lowest BCUT2D eigenvalue weighted by Crippen LogP contribution is -2.46. The Morgan fingerprint density at radius 1 is 1.40 bits per heavy atom. The van der Waals surface area contributed by atoms with E-state index in [2.05, 4.69) is 10.2 Å². The summed E-state index contributed by atoms with van der Waals surface area (Å²) < 4.78 is 0. The van der Waals surface area contributed by atoms with E-state index >= 15 is 0 Å². The fourth-order valence-electron chi connectivity index (χ4n) is 2.36. The molecule has 0 aliphatic heterocycles. The van der Waals surface area contributed by atoms with Crippen molar-refractivity contribution >= 4 is 5.91 Å². The van der Waals surface area contributed by atoms with E-state index in [1.807, 2.05) is 7.05 Å². The van der Waals surface area contributed by atoms with Gasteiger partial charge in [0.25, 0.3) is 0 Å². The van der Waals surface area contributed by atoms with Gasteiger partial charge >= 0.3 is 0 Å². The van der Waals surface area contributed by atoms with Crippen LogP contribution in [-0.2, 0) is 4.79 Å². The smallest absolute Gasteiger partial charge is 0.234 e. The zero-order valence-corrected chi connectivity index (χ0v) is 9.41. The Balaban J connectivity index is 1.74. The summed E-state index contributed by atoms with van der Waals surface area (Å²) in [6.07, 6.45) is 5.73. The molecule has 2 aliphatic carbocycles. The van der Waals surface area contributed by atoms with Crippen molar-refractivity contribution in [2.45, 2.75) is 50.2 Å². The topological polar surface area (TPSA) is 58.4 Å². The summed E-state index contributed by atoms with van der Waals surface area (Å²) in [5, 5.41) is 3.00. The first-order valence-electron chi connectivity index (χ1n) is 5.92. The molecule has 0 aromatic heterocycles. The van der Waals surface area contributed by atoms with Gasteiger partial charge in [-0.15, -0.1) is 0 Å². The van der Waals surface area contributed by atoms with Crippen LogP contribution in [0.3, 0.4) is 0 Å². The van der Waals surface area contributed by atoms with Crippen molar-refractivity contribution in [1.29, 1.82) is 0 Å². The van der Waals surface area contributed by atoms with Gasteiger partial charge in [-0.2, -0.15) is 0 Å². The van der Waals surface area contributed by atoms with E-state index in [9.17, 15) is 4.79 Å².